The lowest BCUT2D eigenvalue weighted by Gasteiger charge is -2.36. The summed E-state index contributed by atoms with van der Waals surface area (Å²) in [4.78, 5) is 16.1. The topological polar surface area (TPSA) is 73.1 Å². The molecule has 2 rings (SSSR count). The van der Waals surface area contributed by atoms with Crippen molar-refractivity contribution in [3.63, 3.8) is 0 Å². The Bertz CT molecular complexity index is 620. The Kier molecular flexibility index (Phi) is 5.54. The minimum atomic E-state index is 0.0910. The molecule has 0 aliphatic carbocycles. The maximum absolute atomic E-state index is 12.3. The number of hydrogen-bond acceptors (Lipinski definition) is 5. The molecular formula is C17H25N5O. The van der Waals surface area contributed by atoms with E-state index in [0.29, 0.717) is 30.4 Å². The Labute approximate surface area is 138 Å². The number of rotatable bonds is 5. The molecule has 1 aliphatic rings. The normalized spacial score (nSPS) is 15.2. The van der Waals surface area contributed by atoms with Gasteiger partial charge < -0.3 is 9.80 Å². The number of nitriles is 1. The van der Waals surface area contributed by atoms with Crippen LogP contribution in [0.3, 0.4) is 0 Å². The third kappa shape index (κ3) is 3.61. The predicted octanol–water partition coefficient (Wildman–Crippen LogP) is 1.78. The third-order valence-electron chi connectivity index (χ3n) is 4.14. The number of nitrogens with zero attached hydrogens (tertiary/aromatic N) is 5. The van der Waals surface area contributed by atoms with Crippen molar-refractivity contribution in [1.29, 1.82) is 5.26 Å². The number of anilines is 1. The van der Waals surface area contributed by atoms with Crippen molar-refractivity contribution >= 4 is 11.7 Å². The summed E-state index contributed by atoms with van der Waals surface area (Å²) in [5, 5.41) is 18.1. The van der Waals surface area contributed by atoms with Gasteiger partial charge >= 0.3 is 0 Å². The summed E-state index contributed by atoms with van der Waals surface area (Å²) in [6.07, 6.45) is 1.50. The highest BCUT2D eigenvalue weighted by Crippen LogP contribution is 2.24. The molecule has 6 heteroatoms. The summed E-state index contributed by atoms with van der Waals surface area (Å²) in [6.45, 7) is 10.6. The standard InChI is InChI=1S/C17H25N5O/c1-5-13-14(9-18)17(20-19-15(13)6-2)22-8-7-21(10-12(3)4)16(23)11-22/h12H,5-8,10-11H2,1-4H3. The van der Waals surface area contributed by atoms with Crippen molar-refractivity contribution in [3.05, 3.63) is 16.8 Å². The average molecular weight is 315 g/mol. The van der Waals surface area contributed by atoms with Crippen LogP contribution in [0.4, 0.5) is 5.82 Å². The minimum Gasteiger partial charge on any atom is -0.343 e. The molecule has 0 unspecified atom stereocenters. The number of aromatic nitrogens is 2. The van der Waals surface area contributed by atoms with Crippen molar-refractivity contribution in [1.82, 2.24) is 15.1 Å². The summed E-state index contributed by atoms with van der Waals surface area (Å²) in [7, 11) is 0. The fourth-order valence-corrected chi connectivity index (χ4v) is 3.02. The summed E-state index contributed by atoms with van der Waals surface area (Å²) >= 11 is 0. The molecular weight excluding hydrogens is 290 g/mol. The van der Waals surface area contributed by atoms with E-state index in [4.69, 9.17) is 0 Å². The second kappa shape index (κ2) is 7.40. The second-order valence-corrected chi connectivity index (χ2v) is 6.30. The van der Waals surface area contributed by atoms with Crippen LogP contribution in [0.2, 0.25) is 0 Å². The van der Waals surface area contributed by atoms with Crippen molar-refractivity contribution in [3.8, 4) is 6.07 Å². The SMILES string of the molecule is CCc1nnc(N2CCN(CC(C)C)C(=O)C2)c(C#N)c1CC. The third-order valence-corrected chi connectivity index (χ3v) is 4.14. The van der Waals surface area contributed by atoms with Crippen molar-refractivity contribution in [2.75, 3.05) is 31.1 Å². The summed E-state index contributed by atoms with van der Waals surface area (Å²) in [5.41, 5.74) is 2.40. The molecule has 124 valence electrons. The van der Waals surface area contributed by atoms with Crippen LogP contribution in [0, 0.1) is 17.2 Å². The lowest BCUT2D eigenvalue weighted by atomic mass is 10.0. The molecule has 0 spiro atoms. The number of carbonyl (C=O) groups excluding carboxylic acids is 1. The number of aryl methyl sites for hydroxylation is 1. The lowest BCUT2D eigenvalue weighted by molar-refractivity contribution is -0.131. The van der Waals surface area contributed by atoms with Gasteiger partial charge in [-0.25, -0.2) is 0 Å². The van der Waals surface area contributed by atoms with Crippen LogP contribution in [0.15, 0.2) is 0 Å². The van der Waals surface area contributed by atoms with Crippen molar-refractivity contribution < 1.29 is 4.79 Å². The molecule has 0 N–H and O–H groups in total. The maximum Gasteiger partial charge on any atom is 0.242 e. The van der Waals surface area contributed by atoms with Crippen LogP contribution < -0.4 is 4.90 Å². The zero-order chi connectivity index (χ0) is 17.0. The first kappa shape index (κ1) is 17.2. The Balaban J connectivity index is 2.27. The molecule has 0 radical (unpaired) electrons. The summed E-state index contributed by atoms with van der Waals surface area (Å²) < 4.78 is 0. The van der Waals surface area contributed by atoms with E-state index in [1.54, 1.807) is 0 Å². The van der Waals surface area contributed by atoms with Crippen LogP contribution in [-0.2, 0) is 17.6 Å². The van der Waals surface area contributed by atoms with E-state index in [1.165, 1.54) is 0 Å². The van der Waals surface area contributed by atoms with Crippen LogP contribution in [0.5, 0.6) is 0 Å². The average Bonchev–Trinajstić information content (AvgIpc) is 2.54. The van der Waals surface area contributed by atoms with Crippen LogP contribution in [0.1, 0.15) is 44.5 Å². The van der Waals surface area contributed by atoms with E-state index >= 15 is 0 Å². The molecule has 0 atom stereocenters. The molecule has 0 bridgehead atoms. The summed E-state index contributed by atoms with van der Waals surface area (Å²) in [5.74, 6) is 1.10. The lowest BCUT2D eigenvalue weighted by Crippen LogP contribution is -2.51. The Morgan fingerprint density at radius 1 is 1.22 bits per heavy atom. The van der Waals surface area contributed by atoms with Crippen LogP contribution in [0.25, 0.3) is 0 Å². The van der Waals surface area contributed by atoms with Gasteiger partial charge in [-0.1, -0.05) is 27.7 Å². The van der Waals surface area contributed by atoms with E-state index in [0.717, 1.165) is 30.6 Å². The molecule has 1 fully saturated rings. The van der Waals surface area contributed by atoms with Crippen LogP contribution >= 0.6 is 0 Å². The number of amides is 1. The van der Waals surface area contributed by atoms with Gasteiger partial charge in [-0.3, -0.25) is 4.79 Å². The fraction of sp³-hybridized carbons (Fsp3) is 0.647. The molecule has 0 saturated carbocycles. The highest BCUT2D eigenvalue weighted by Gasteiger charge is 2.28. The molecule has 2 heterocycles. The highest BCUT2D eigenvalue weighted by molar-refractivity contribution is 5.83. The predicted molar refractivity (Wildman–Crippen MR) is 89.1 cm³/mol. The molecule has 1 aromatic rings. The van der Waals surface area contributed by atoms with E-state index in [2.05, 4.69) is 30.1 Å². The first-order valence-corrected chi connectivity index (χ1v) is 8.32. The first-order chi connectivity index (χ1) is 11.0. The van der Waals surface area contributed by atoms with E-state index < -0.39 is 0 Å². The highest BCUT2D eigenvalue weighted by atomic mass is 16.2. The monoisotopic (exact) mass is 315 g/mol. The van der Waals surface area contributed by atoms with Gasteiger partial charge in [0.2, 0.25) is 5.91 Å². The number of hydrogen-bond donors (Lipinski definition) is 0. The van der Waals surface area contributed by atoms with Gasteiger partial charge in [-0.2, -0.15) is 10.4 Å². The molecule has 1 aliphatic heterocycles. The first-order valence-electron chi connectivity index (χ1n) is 8.32. The zero-order valence-electron chi connectivity index (χ0n) is 14.5. The van der Waals surface area contributed by atoms with Gasteiger partial charge in [-0.05, 0) is 24.3 Å². The van der Waals surface area contributed by atoms with Gasteiger partial charge in [0.25, 0.3) is 0 Å². The van der Waals surface area contributed by atoms with Gasteiger partial charge in [0.05, 0.1) is 12.2 Å². The van der Waals surface area contributed by atoms with Gasteiger partial charge in [-0.15, -0.1) is 5.10 Å². The van der Waals surface area contributed by atoms with E-state index in [9.17, 15) is 10.1 Å². The Morgan fingerprint density at radius 3 is 2.48 bits per heavy atom. The Hall–Kier alpha value is -2.16. The molecule has 6 nitrogen and oxygen atoms in total. The molecule has 1 amide bonds. The van der Waals surface area contributed by atoms with Crippen molar-refractivity contribution in [2.45, 2.75) is 40.5 Å². The Morgan fingerprint density at radius 2 is 1.96 bits per heavy atom. The smallest absolute Gasteiger partial charge is 0.242 e. The number of carbonyl (C=O) groups is 1. The summed E-state index contributed by atoms with van der Waals surface area (Å²) in [6, 6.07) is 2.28. The van der Waals surface area contributed by atoms with Crippen molar-refractivity contribution in [2.24, 2.45) is 5.92 Å². The largest absolute Gasteiger partial charge is 0.343 e. The zero-order valence-corrected chi connectivity index (χ0v) is 14.5. The second-order valence-electron chi connectivity index (χ2n) is 6.30. The molecule has 1 saturated heterocycles. The van der Waals surface area contributed by atoms with Gasteiger partial charge in [0, 0.05) is 19.6 Å². The molecule has 23 heavy (non-hydrogen) atoms. The van der Waals surface area contributed by atoms with E-state index in [-0.39, 0.29) is 12.5 Å². The van der Waals surface area contributed by atoms with Gasteiger partial charge in [0.1, 0.15) is 11.6 Å². The van der Waals surface area contributed by atoms with Crippen LogP contribution in [-0.4, -0.2) is 47.2 Å². The van der Waals surface area contributed by atoms with E-state index in [1.807, 2.05) is 23.6 Å². The van der Waals surface area contributed by atoms with Gasteiger partial charge in [0.15, 0.2) is 5.82 Å². The molecule has 1 aromatic heterocycles. The molecule has 0 aromatic carbocycles. The quantitative estimate of drug-likeness (QED) is 0.828. The fourth-order valence-electron chi connectivity index (χ4n) is 3.02. The maximum atomic E-state index is 12.3. The number of piperazine rings is 1. The minimum absolute atomic E-state index is 0.0910.